The number of nitrogens with zero attached hydrogens (tertiary/aromatic N) is 2. The first kappa shape index (κ1) is 20.7. The monoisotopic (exact) mass is 413 g/mol. The number of hydrogen-bond donors (Lipinski definition) is 1. The molecule has 2 aromatic carbocycles. The summed E-state index contributed by atoms with van der Waals surface area (Å²) in [6.07, 6.45) is 0.674. The van der Waals surface area contributed by atoms with Crippen LogP contribution in [0.3, 0.4) is 0 Å². The maximum Gasteiger partial charge on any atom is 0.269 e. The highest BCUT2D eigenvalue weighted by molar-refractivity contribution is 6.30. The van der Waals surface area contributed by atoms with Crippen LogP contribution in [0.25, 0.3) is 11.3 Å². The van der Waals surface area contributed by atoms with E-state index in [1.807, 2.05) is 49.4 Å². The predicted molar refractivity (Wildman–Crippen MR) is 114 cm³/mol. The van der Waals surface area contributed by atoms with Gasteiger partial charge in [0.1, 0.15) is 5.69 Å². The molecule has 7 heteroatoms. The molecule has 0 fully saturated rings. The molecule has 29 heavy (non-hydrogen) atoms. The minimum atomic E-state index is -0.159. The molecular weight excluding hydrogens is 390 g/mol. The molecule has 0 radical (unpaired) electrons. The van der Waals surface area contributed by atoms with Crippen LogP contribution in [0, 0.1) is 0 Å². The number of halogens is 1. The van der Waals surface area contributed by atoms with Crippen LogP contribution < -0.4 is 14.8 Å². The number of amides is 1. The molecule has 0 saturated heterocycles. The molecule has 1 N–H and O–H groups in total. The minimum absolute atomic E-state index is 0.159. The summed E-state index contributed by atoms with van der Waals surface area (Å²) in [5.74, 6) is 1.19. The van der Waals surface area contributed by atoms with Crippen LogP contribution in [0.1, 0.15) is 23.0 Å². The highest BCUT2D eigenvalue weighted by Crippen LogP contribution is 2.27. The molecule has 0 spiro atoms. The van der Waals surface area contributed by atoms with E-state index in [0.717, 1.165) is 16.8 Å². The molecule has 1 aromatic heterocycles. The van der Waals surface area contributed by atoms with E-state index in [1.165, 1.54) is 0 Å². The van der Waals surface area contributed by atoms with Gasteiger partial charge in [-0.2, -0.15) is 5.10 Å². The lowest BCUT2D eigenvalue weighted by molar-refractivity contribution is 0.0943. The molecule has 6 nitrogen and oxygen atoms in total. The molecule has 0 bridgehead atoms. The second kappa shape index (κ2) is 9.47. The summed E-state index contributed by atoms with van der Waals surface area (Å²) in [6.45, 7) is 3.05. The van der Waals surface area contributed by atoms with Crippen LogP contribution in [0.4, 0.5) is 0 Å². The number of benzene rings is 2. The van der Waals surface area contributed by atoms with Crippen molar-refractivity contribution in [2.24, 2.45) is 0 Å². The molecule has 0 aliphatic rings. The van der Waals surface area contributed by atoms with Crippen LogP contribution >= 0.6 is 11.6 Å². The molecule has 152 valence electrons. The Labute approximate surface area is 175 Å². The number of ether oxygens (including phenoxy) is 2. The number of hydrogen-bond acceptors (Lipinski definition) is 4. The fraction of sp³-hybridized carbons (Fsp3) is 0.273. The zero-order chi connectivity index (χ0) is 20.8. The summed E-state index contributed by atoms with van der Waals surface area (Å²) < 4.78 is 12.3. The van der Waals surface area contributed by atoms with Crippen molar-refractivity contribution in [3.63, 3.8) is 0 Å². The first-order chi connectivity index (χ1) is 14.0. The summed E-state index contributed by atoms with van der Waals surface area (Å²) in [6, 6.07) is 15.0. The highest BCUT2D eigenvalue weighted by Gasteiger charge is 2.15. The van der Waals surface area contributed by atoms with Crippen molar-refractivity contribution in [1.82, 2.24) is 15.1 Å². The maximum atomic E-state index is 12.7. The standard InChI is InChI=1S/C22H24ClN3O3/c1-4-26-19(14-18(25-26)16-6-5-7-17(23)13-16)22(27)24-11-10-15-8-9-20(28-2)21(12-15)29-3/h5-9,12-14H,4,10-11H2,1-3H3,(H,24,27). The van der Waals surface area contributed by atoms with Gasteiger partial charge >= 0.3 is 0 Å². The first-order valence-corrected chi connectivity index (χ1v) is 9.76. The van der Waals surface area contributed by atoms with Gasteiger partial charge in [-0.1, -0.05) is 29.8 Å². The van der Waals surface area contributed by atoms with Crippen LogP contribution in [0.5, 0.6) is 11.5 Å². The Morgan fingerprint density at radius 3 is 2.59 bits per heavy atom. The molecule has 0 atom stereocenters. The van der Waals surface area contributed by atoms with Crippen molar-refractivity contribution in [3.05, 3.63) is 64.8 Å². The number of carbonyl (C=O) groups is 1. The summed E-state index contributed by atoms with van der Waals surface area (Å²) in [5, 5.41) is 8.14. The van der Waals surface area contributed by atoms with Gasteiger partial charge in [-0.15, -0.1) is 0 Å². The van der Waals surface area contributed by atoms with Crippen molar-refractivity contribution in [2.45, 2.75) is 19.9 Å². The van der Waals surface area contributed by atoms with E-state index in [-0.39, 0.29) is 5.91 Å². The van der Waals surface area contributed by atoms with Crippen molar-refractivity contribution >= 4 is 17.5 Å². The Bertz CT molecular complexity index is 1000. The normalized spacial score (nSPS) is 10.6. The second-order valence-electron chi connectivity index (χ2n) is 6.44. The Balaban J connectivity index is 1.68. The van der Waals surface area contributed by atoms with E-state index in [4.69, 9.17) is 21.1 Å². The molecule has 3 rings (SSSR count). The van der Waals surface area contributed by atoms with Gasteiger partial charge in [0.2, 0.25) is 0 Å². The largest absolute Gasteiger partial charge is 0.493 e. The van der Waals surface area contributed by atoms with Gasteiger partial charge in [-0.25, -0.2) is 0 Å². The molecule has 0 unspecified atom stereocenters. The van der Waals surface area contributed by atoms with Crippen molar-refractivity contribution in [2.75, 3.05) is 20.8 Å². The Kier molecular flexibility index (Phi) is 6.77. The summed E-state index contributed by atoms with van der Waals surface area (Å²) in [5.41, 5.74) is 3.17. The van der Waals surface area contributed by atoms with Crippen LogP contribution in [-0.2, 0) is 13.0 Å². The molecule has 0 saturated carbocycles. The number of rotatable bonds is 8. The number of carbonyl (C=O) groups excluding carboxylic acids is 1. The second-order valence-corrected chi connectivity index (χ2v) is 6.87. The van der Waals surface area contributed by atoms with E-state index in [1.54, 1.807) is 25.0 Å². The fourth-order valence-electron chi connectivity index (χ4n) is 3.08. The van der Waals surface area contributed by atoms with Crippen molar-refractivity contribution in [3.8, 4) is 22.8 Å². The number of nitrogens with one attached hydrogen (secondary N) is 1. The third-order valence-corrected chi connectivity index (χ3v) is 4.81. The number of aromatic nitrogens is 2. The molecule has 1 heterocycles. The molecule has 0 aliphatic heterocycles. The maximum absolute atomic E-state index is 12.7. The minimum Gasteiger partial charge on any atom is -0.493 e. The smallest absolute Gasteiger partial charge is 0.269 e. The lowest BCUT2D eigenvalue weighted by Gasteiger charge is -2.10. The summed E-state index contributed by atoms with van der Waals surface area (Å²) in [4.78, 5) is 12.7. The number of methoxy groups -OCH3 is 2. The van der Waals surface area contributed by atoms with E-state index in [0.29, 0.717) is 41.7 Å². The van der Waals surface area contributed by atoms with E-state index in [9.17, 15) is 4.79 Å². The highest BCUT2D eigenvalue weighted by atomic mass is 35.5. The van der Waals surface area contributed by atoms with Crippen LogP contribution in [-0.4, -0.2) is 36.5 Å². The summed E-state index contributed by atoms with van der Waals surface area (Å²) >= 11 is 6.07. The Hall–Kier alpha value is -2.99. The van der Waals surface area contributed by atoms with Gasteiger partial charge in [-0.05, 0) is 49.2 Å². The molecule has 3 aromatic rings. The van der Waals surface area contributed by atoms with Gasteiger partial charge in [0.05, 0.1) is 19.9 Å². The average Bonchev–Trinajstić information content (AvgIpc) is 3.18. The number of aryl methyl sites for hydroxylation is 1. The van der Waals surface area contributed by atoms with E-state index >= 15 is 0 Å². The molecule has 1 amide bonds. The third-order valence-electron chi connectivity index (χ3n) is 4.58. The average molecular weight is 414 g/mol. The SMILES string of the molecule is CCn1nc(-c2cccc(Cl)c2)cc1C(=O)NCCc1ccc(OC)c(OC)c1. The zero-order valence-electron chi connectivity index (χ0n) is 16.7. The predicted octanol–water partition coefficient (Wildman–Crippen LogP) is 4.21. The van der Waals surface area contributed by atoms with Gasteiger partial charge in [0.25, 0.3) is 5.91 Å². The topological polar surface area (TPSA) is 65.4 Å². The van der Waals surface area contributed by atoms with Gasteiger partial charge in [0, 0.05) is 23.7 Å². The van der Waals surface area contributed by atoms with E-state index < -0.39 is 0 Å². The van der Waals surface area contributed by atoms with Crippen molar-refractivity contribution < 1.29 is 14.3 Å². The Morgan fingerprint density at radius 1 is 1.10 bits per heavy atom. The molecule has 0 aliphatic carbocycles. The third kappa shape index (κ3) is 4.90. The van der Waals surface area contributed by atoms with Crippen LogP contribution in [0.2, 0.25) is 5.02 Å². The van der Waals surface area contributed by atoms with Crippen LogP contribution in [0.15, 0.2) is 48.5 Å². The van der Waals surface area contributed by atoms with Gasteiger partial charge in [-0.3, -0.25) is 9.48 Å². The zero-order valence-corrected chi connectivity index (χ0v) is 17.5. The Morgan fingerprint density at radius 2 is 1.90 bits per heavy atom. The van der Waals surface area contributed by atoms with Gasteiger partial charge in [0.15, 0.2) is 11.5 Å². The molecular formula is C22H24ClN3O3. The van der Waals surface area contributed by atoms with Crippen molar-refractivity contribution in [1.29, 1.82) is 0 Å². The quantitative estimate of drug-likeness (QED) is 0.600. The lowest BCUT2D eigenvalue weighted by Crippen LogP contribution is -2.28. The lowest BCUT2D eigenvalue weighted by atomic mass is 10.1. The van der Waals surface area contributed by atoms with E-state index in [2.05, 4.69) is 10.4 Å². The summed E-state index contributed by atoms with van der Waals surface area (Å²) in [7, 11) is 3.21. The van der Waals surface area contributed by atoms with Gasteiger partial charge < -0.3 is 14.8 Å². The first-order valence-electron chi connectivity index (χ1n) is 9.38. The fourth-order valence-corrected chi connectivity index (χ4v) is 3.27.